The molecule has 2 aromatic carbocycles. The van der Waals surface area contributed by atoms with Gasteiger partial charge in [0, 0.05) is 19.8 Å². The second-order valence-corrected chi connectivity index (χ2v) is 9.20. The third-order valence-corrected chi connectivity index (χ3v) is 6.40. The third kappa shape index (κ3) is 4.75. The molecule has 9 heteroatoms. The van der Waals surface area contributed by atoms with Gasteiger partial charge in [-0.25, -0.2) is 14.3 Å². The molecule has 2 aromatic heterocycles. The zero-order valence-electron chi connectivity index (χ0n) is 20.5. The summed E-state index contributed by atoms with van der Waals surface area (Å²) in [6.07, 6.45) is 2.50. The second kappa shape index (κ2) is 9.25. The summed E-state index contributed by atoms with van der Waals surface area (Å²) in [5, 5.41) is 2.72. The molecule has 0 unspecified atom stereocenters. The number of nitrogens with one attached hydrogen (secondary N) is 1. The van der Waals surface area contributed by atoms with E-state index in [1.807, 2.05) is 12.1 Å². The van der Waals surface area contributed by atoms with E-state index in [9.17, 15) is 14.4 Å². The van der Waals surface area contributed by atoms with Crippen LogP contribution in [0.1, 0.15) is 32.8 Å². The Kier molecular flexibility index (Phi) is 6.34. The van der Waals surface area contributed by atoms with E-state index in [0.717, 1.165) is 16.7 Å². The van der Waals surface area contributed by atoms with Crippen LogP contribution in [-0.4, -0.2) is 24.6 Å². The Morgan fingerprint density at radius 2 is 1.60 bits per heavy atom. The maximum absolute atomic E-state index is 12.8. The van der Waals surface area contributed by atoms with Crippen LogP contribution in [0.3, 0.4) is 0 Å². The number of amides is 1. The number of aryl methyl sites for hydroxylation is 2. The van der Waals surface area contributed by atoms with E-state index in [2.05, 4.69) is 43.2 Å². The maximum Gasteiger partial charge on any atom is 0.332 e. The Morgan fingerprint density at radius 1 is 1.00 bits per heavy atom. The molecule has 0 radical (unpaired) electrons. The van der Waals surface area contributed by atoms with Crippen molar-refractivity contribution in [3.63, 3.8) is 0 Å². The monoisotopic (exact) mass is 475 g/mol. The van der Waals surface area contributed by atoms with Crippen molar-refractivity contribution in [1.82, 2.24) is 18.7 Å². The van der Waals surface area contributed by atoms with Gasteiger partial charge < -0.3 is 14.6 Å². The first-order chi connectivity index (χ1) is 16.6. The summed E-state index contributed by atoms with van der Waals surface area (Å²) in [5.74, 6) is 0.851. The van der Waals surface area contributed by atoms with Crippen LogP contribution in [0.25, 0.3) is 11.2 Å². The number of carbonyl (C=O) groups is 1. The molecule has 0 bridgehead atoms. The topological polar surface area (TPSA) is 100 Å². The normalized spacial score (nSPS) is 11.6. The number of carbonyl (C=O) groups excluding carboxylic acids is 1. The quantitative estimate of drug-likeness (QED) is 0.441. The molecule has 4 rings (SSSR count). The minimum atomic E-state index is -0.603. The molecule has 0 aliphatic rings. The first-order valence-electron chi connectivity index (χ1n) is 11.4. The van der Waals surface area contributed by atoms with E-state index in [1.165, 1.54) is 28.1 Å². The Bertz CT molecular complexity index is 1490. The molecule has 0 saturated heterocycles. The molecule has 1 N–H and O–H groups in total. The molecule has 0 saturated carbocycles. The number of anilines is 1. The number of imidazole rings is 1. The number of ether oxygens (including phenoxy) is 1. The molecule has 9 nitrogen and oxygen atoms in total. The molecule has 0 spiro atoms. The van der Waals surface area contributed by atoms with Crippen LogP contribution in [0.15, 0.2) is 64.4 Å². The number of nitrogens with zero attached hydrogens (tertiary/aromatic N) is 4. The standard InChI is InChI=1S/C26H29N5O4/c1-6-26(2,3)17-7-11-19(12-8-17)35-20-13-9-18(10-14-20)28-21(32)15-31-24(33)22-23(27-16-29(22)4)30(5)25(31)34/h7-14,16H,6,15H2,1-5H3,(H,28,32). The zero-order chi connectivity index (χ0) is 25.3. The fraction of sp³-hybridized carbons (Fsp3) is 0.308. The van der Waals surface area contributed by atoms with E-state index in [0.29, 0.717) is 11.4 Å². The van der Waals surface area contributed by atoms with Crippen molar-refractivity contribution >= 4 is 22.8 Å². The van der Waals surface area contributed by atoms with Crippen LogP contribution in [0.4, 0.5) is 5.69 Å². The van der Waals surface area contributed by atoms with Crippen molar-refractivity contribution in [2.75, 3.05) is 5.32 Å². The predicted octanol–water partition coefficient (Wildman–Crippen LogP) is 3.55. The smallest absolute Gasteiger partial charge is 0.332 e. The third-order valence-electron chi connectivity index (χ3n) is 6.40. The van der Waals surface area contributed by atoms with E-state index < -0.39 is 23.7 Å². The van der Waals surface area contributed by atoms with E-state index in [1.54, 1.807) is 31.3 Å². The number of aromatic nitrogens is 4. The average molecular weight is 476 g/mol. The molecule has 0 fully saturated rings. The van der Waals surface area contributed by atoms with Crippen LogP contribution in [0.5, 0.6) is 11.5 Å². The van der Waals surface area contributed by atoms with Crippen molar-refractivity contribution in [3.05, 3.63) is 81.3 Å². The second-order valence-electron chi connectivity index (χ2n) is 9.20. The minimum Gasteiger partial charge on any atom is -0.457 e. The molecule has 35 heavy (non-hydrogen) atoms. The van der Waals surface area contributed by atoms with Gasteiger partial charge in [0.05, 0.1) is 6.33 Å². The van der Waals surface area contributed by atoms with Gasteiger partial charge >= 0.3 is 5.69 Å². The molecular weight excluding hydrogens is 446 g/mol. The lowest BCUT2D eigenvalue weighted by Crippen LogP contribution is -2.42. The maximum atomic E-state index is 12.8. The minimum absolute atomic E-state index is 0.108. The molecule has 0 atom stereocenters. The van der Waals surface area contributed by atoms with Gasteiger partial charge in [0.25, 0.3) is 5.56 Å². The summed E-state index contributed by atoms with van der Waals surface area (Å²) in [6.45, 7) is 6.18. The van der Waals surface area contributed by atoms with Crippen molar-refractivity contribution < 1.29 is 9.53 Å². The Morgan fingerprint density at radius 3 is 2.20 bits per heavy atom. The van der Waals surface area contributed by atoms with Gasteiger partial charge in [0.15, 0.2) is 11.2 Å². The summed E-state index contributed by atoms with van der Waals surface area (Å²) in [5.41, 5.74) is 1.25. The van der Waals surface area contributed by atoms with Gasteiger partial charge in [-0.15, -0.1) is 0 Å². The summed E-state index contributed by atoms with van der Waals surface area (Å²) in [6, 6.07) is 14.9. The molecular formula is C26H29N5O4. The summed E-state index contributed by atoms with van der Waals surface area (Å²) in [7, 11) is 3.18. The highest BCUT2D eigenvalue weighted by Gasteiger charge is 2.18. The predicted molar refractivity (Wildman–Crippen MR) is 135 cm³/mol. The van der Waals surface area contributed by atoms with Crippen LogP contribution in [0, 0.1) is 0 Å². The number of fused-ring (bicyclic) bond motifs is 1. The molecule has 2 heterocycles. The van der Waals surface area contributed by atoms with Crippen molar-refractivity contribution in [2.45, 2.75) is 39.2 Å². The van der Waals surface area contributed by atoms with Gasteiger partial charge in [-0.3, -0.25) is 14.2 Å². The summed E-state index contributed by atoms with van der Waals surface area (Å²) >= 11 is 0. The van der Waals surface area contributed by atoms with Gasteiger partial charge in [-0.2, -0.15) is 0 Å². The largest absolute Gasteiger partial charge is 0.457 e. The van der Waals surface area contributed by atoms with Crippen LogP contribution < -0.4 is 21.3 Å². The number of benzene rings is 2. The first kappa shape index (κ1) is 24.0. The van der Waals surface area contributed by atoms with E-state index >= 15 is 0 Å². The number of hydrogen-bond acceptors (Lipinski definition) is 5. The lowest BCUT2D eigenvalue weighted by atomic mass is 9.82. The lowest BCUT2D eigenvalue weighted by Gasteiger charge is -2.23. The van der Waals surface area contributed by atoms with Crippen molar-refractivity contribution in [3.8, 4) is 11.5 Å². The van der Waals surface area contributed by atoms with Crippen molar-refractivity contribution in [1.29, 1.82) is 0 Å². The zero-order valence-corrected chi connectivity index (χ0v) is 20.5. The fourth-order valence-electron chi connectivity index (χ4n) is 3.80. The number of hydrogen-bond donors (Lipinski definition) is 1. The number of rotatable bonds is 7. The van der Waals surface area contributed by atoms with Gasteiger partial charge in [0.1, 0.15) is 18.0 Å². The highest BCUT2D eigenvalue weighted by molar-refractivity contribution is 5.90. The lowest BCUT2D eigenvalue weighted by molar-refractivity contribution is -0.116. The highest BCUT2D eigenvalue weighted by Crippen LogP contribution is 2.29. The van der Waals surface area contributed by atoms with Gasteiger partial charge in [0.2, 0.25) is 5.91 Å². The first-order valence-corrected chi connectivity index (χ1v) is 11.4. The molecule has 0 aliphatic heterocycles. The van der Waals surface area contributed by atoms with E-state index in [-0.39, 0.29) is 16.6 Å². The molecule has 1 amide bonds. The van der Waals surface area contributed by atoms with Gasteiger partial charge in [-0.1, -0.05) is 32.9 Å². The SMILES string of the molecule is CCC(C)(C)c1ccc(Oc2ccc(NC(=O)Cn3c(=O)c4c(ncn4C)n(C)c3=O)cc2)cc1. The van der Waals surface area contributed by atoms with E-state index in [4.69, 9.17) is 4.74 Å². The molecule has 182 valence electrons. The Labute approximate surface area is 202 Å². The highest BCUT2D eigenvalue weighted by atomic mass is 16.5. The molecule has 4 aromatic rings. The van der Waals surface area contributed by atoms with Gasteiger partial charge in [-0.05, 0) is 53.8 Å². The Hall–Kier alpha value is -4.14. The van der Waals surface area contributed by atoms with Crippen molar-refractivity contribution in [2.24, 2.45) is 14.1 Å². The summed E-state index contributed by atoms with van der Waals surface area (Å²) in [4.78, 5) is 42.0. The van der Waals surface area contributed by atoms with Crippen LogP contribution >= 0.6 is 0 Å². The molecule has 0 aliphatic carbocycles. The average Bonchev–Trinajstić information content (AvgIpc) is 3.23. The fourth-order valence-corrected chi connectivity index (χ4v) is 3.80. The Balaban J connectivity index is 1.44. The van der Waals surface area contributed by atoms with Crippen LogP contribution in [-0.2, 0) is 30.8 Å². The summed E-state index contributed by atoms with van der Waals surface area (Å²) < 4.78 is 9.60. The van der Waals surface area contributed by atoms with Crippen LogP contribution in [0.2, 0.25) is 0 Å².